The van der Waals surface area contributed by atoms with Crippen molar-refractivity contribution in [2.24, 2.45) is 0 Å². The van der Waals surface area contributed by atoms with E-state index < -0.39 is 18.4 Å². The second-order valence-corrected chi connectivity index (χ2v) is 1.58. The van der Waals surface area contributed by atoms with Crippen molar-refractivity contribution in [3.05, 3.63) is 12.7 Å². The quantitative estimate of drug-likeness (QED) is 0.395. The minimum Gasteiger partial charge on any atom is -0.464 e. The Bertz CT molecular complexity index is 175. The number of aliphatic hydroxyl groups excluding tert-OH is 1. The van der Waals surface area contributed by atoms with Crippen molar-refractivity contribution in [2.45, 2.75) is 6.23 Å². The van der Waals surface area contributed by atoms with E-state index in [2.05, 4.69) is 6.58 Å². The highest BCUT2D eigenvalue weighted by atomic mass is 16.4. The molecule has 62 valence electrons. The average Bonchev–Trinajstić information content (AvgIpc) is 1.85. The zero-order chi connectivity index (χ0) is 9.02. The van der Waals surface area contributed by atoms with E-state index in [1.807, 2.05) is 0 Å². The number of hydrogen-bond donors (Lipinski definition) is 3. The molecule has 0 heterocycles. The van der Waals surface area contributed by atoms with Crippen LogP contribution in [0.5, 0.6) is 0 Å². The monoisotopic (exact) mass is 161 g/mol. The molecular weight excluding hydrogens is 154 g/mol. The molecule has 0 aliphatic heterocycles. The van der Waals surface area contributed by atoms with Crippen LogP contribution in [-0.4, -0.2) is 38.6 Å². The Morgan fingerprint density at radius 2 is 1.73 bits per heavy atom. The fraction of sp³-hybridized carbons (Fsp3) is 0.200. The molecule has 0 aromatic carbocycles. The van der Waals surface area contributed by atoms with Crippen LogP contribution in [-0.2, 0) is 0 Å². The molecule has 0 bridgehead atoms. The van der Waals surface area contributed by atoms with Gasteiger partial charge in [0.1, 0.15) is 0 Å². The van der Waals surface area contributed by atoms with Crippen molar-refractivity contribution >= 4 is 12.2 Å². The van der Waals surface area contributed by atoms with Crippen LogP contribution in [0.4, 0.5) is 9.59 Å². The van der Waals surface area contributed by atoms with Gasteiger partial charge in [-0.15, -0.1) is 0 Å². The Kier molecular flexibility index (Phi) is 3.06. The maximum atomic E-state index is 10.1. The highest BCUT2D eigenvalue weighted by molar-refractivity contribution is 5.85. The molecule has 0 aromatic rings. The van der Waals surface area contributed by atoms with Crippen molar-refractivity contribution < 1.29 is 24.9 Å². The molecule has 0 aliphatic rings. The number of hydrogen-bond acceptors (Lipinski definition) is 3. The molecule has 0 radical (unpaired) electrons. The van der Waals surface area contributed by atoms with Gasteiger partial charge in [-0.3, -0.25) is 0 Å². The first kappa shape index (κ1) is 9.44. The first-order chi connectivity index (χ1) is 5.00. The molecule has 3 N–H and O–H groups in total. The zero-order valence-corrected chi connectivity index (χ0v) is 5.47. The van der Waals surface area contributed by atoms with E-state index in [4.69, 9.17) is 15.3 Å². The standard InChI is InChI=1S/C5H7NO5/c1-2-3(7)6(4(8)9)5(10)11/h2-3,7H,1H2,(H,8,9)(H,10,11). The van der Waals surface area contributed by atoms with Gasteiger partial charge in [-0.25, -0.2) is 9.59 Å². The van der Waals surface area contributed by atoms with Gasteiger partial charge in [0.05, 0.1) is 0 Å². The SMILES string of the molecule is C=CC(O)N(C(=O)O)C(=O)O. The lowest BCUT2D eigenvalue weighted by Crippen LogP contribution is -2.41. The van der Waals surface area contributed by atoms with E-state index in [1.165, 1.54) is 0 Å². The van der Waals surface area contributed by atoms with E-state index in [1.54, 1.807) is 0 Å². The van der Waals surface area contributed by atoms with Gasteiger partial charge in [-0.2, -0.15) is 4.90 Å². The van der Waals surface area contributed by atoms with Gasteiger partial charge in [0.25, 0.3) is 0 Å². The summed E-state index contributed by atoms with van der Waals surface area (Å²) in [4.78, 5) is 20.0. The first-order valence-corrected chi connectivity index (χ1v) is 2.56. The van der Waals surface area contributed by atoms with Crippen LogP contribution >= 0.6 is 0 Å². The van der Waals surface area contributed by atoms with Gasteiger partial charge in [-0.1, -0.05) is 6.58 Å². The normalized spacial score (nSPS) is 11.7. The lowest BCUT2D eigenvalue weighted by atomic mass is 10.5. The average molecular weight is 161 g/mol. The highest BCUT2D eigenvalue weighted by Crippen LogP contribution is 1.97. The molecule has 0 fully saturated rings. The third-order valence-electron chi connectivity index (χ3n) is 0.888. The predicted octanol–water partition coefficient (Wildman–Crippen LogP) is 0.149. The summed E-state index contributed by atoms with van der Waals surface area (Å²) in [5.41, 5.74) is 0. The number of imide groups is 1. The van der Waals surface area contributed by atoms with Crippen LogP contribution in [0.2, 0.25) is 0 Å². The lowest BCUT2D eigenvalue weighted by molar-refractivity contribution is 0.0454. The Morgan fingerprint density at radius 1 is 1.36 bits per heavy atom. The van der Waals surface area contributed by atoms with Crippen molar-refractivity contribution in [1.82, 2.24) is 4.90 Å². The van der Waals surface area contributed by atoms with Gasteiger partial charge < -0.3 is 15.3 Å². The number of nitrogens with zero attached hydrogens (tertiary/aromatic N) is 1. The molecule has 1 atom stereocenters. The van der Waals surface area contributed by atoms with Crippen LogP contribution in [0.3, 0.4) is 0 Å². The number of carbonyl (C=O) groups is 2. The van der Waals surface area contributed by atoms with Crippen LogP contribution in [0.15, 0.2) is 12.7 Å². The molecule has 6 nitrogen and oxygen atoms in total. The number of aliphatic hydroxyl groups is 1. The minimum atomic E-state index is -1.75. The summed E-state index contributed by atoms with van der Waals surface area (Å²) in [5, 5.41) is 25.1. The van der Waals surface area contributed by atoms with E-state index in [9.17, 15) is 9.59 Å². The molecule has 6 heteroatoms. The maximum Gasteiger partial charge on any atom is 0.419 e. The molecule has 0 aliphatic carbocycles. The molecule has 0 spiro atoms. The maximum absolute atomic E-state index is 10.1. The summed E-state index contributed by atoms with van der Waals surface area (Å²) in [6.07, 6.45) is -4.41. The Hall–Kier alpha value is -1.56. The molecule has 0 saturated carbocycles. The molecule has 0 rings (SSSR count). The third-order valence-corrected chi connectivity index (χ3v) is 0.888. The fourth-order valence-electron chi connectivity index (χ4n) is 0.414. The molecule has 1 unspecified atom stereocenters. The second kappa shape index (κ2) is 3.57. The largest absolute Gasteiger partial charge is 0.464 e. The zero-order valence-electron chi connectivity index (χ0n) is 5.47. The summed E-state index contributed by atoms with van der Waals surface area (Å²) in [6, 6.07) is 0. The molecule has 2 amide bonds. The summed E-state index contributed by atoms with van der Waals surface area (Å²) in [5.74, 6) is 0. The minimum absolute atomic E-state index is 0.174. The summed E-state index contributed by atoms with van der Waals surface area (Å²) in [6.45, 7) is 3.03. The van der Waals surface area contributed by atoms with Gasteiger partial charge in [0, 0.05) is 0 Å². The van der Waals surface area contributed by atoms with E-state index >= 15 is 0 Å². The van der Waals surface area contributed by atoms with E-state index in [0.29, 0.717) is 0 Å². The van der Waals surface area contributed by atoms with Crippen LogP contribution in [0, 0.1) is 0 Å². The second-order valence-electron chi connectivity index (χ2n) is 1.58. The smallest absolute Gasteiger partial charge is 0.419 e. The van der Waals surface area contributed by atoms with E-state index in [0.717, 1.165) is 6.08 Å². The summed E-state index contributed by atoms with van der Waals surface area (Å²) >= 11 is 0. The number of amides is 2. The third kappa shape index (κ3) is 2.26. The summed E-state index contributed by atoms with van der Waals surface area (Å²) in [7, 11) is 0. The van der Waals surface area contributed by atoms with Gasteiger partial charge >= 0.3 is 12.2 Å². The molecular formula is C5H7NO5. The van der Waals surface area contributed by atoms with E-state index in [-0.39, 0.29) is 4.90 Å². The fourth-order valence-corrected chi connectivity index (χ4v) is 0.414. The number of carboxylic acid groups (broad SMARTS) is 2. The van der Waals surface area contributed by atoms with Crippen molar-refractivity contribution in [3.63, 3.8) is 0 Å². The highest BCUT2D eigenvalue weighted by Gasteiger charge is 2.25. The predicted molar refractivity (Wildman–Crippen MR) is 34.1 cm³/mol. The van der Waals surface area contributed by atoms with Gasteiger partial charge in [0.15, 0.2) is 6.23 Å². The Balaban J connectivity index is 4.46. The molecule has 11 heavy (non-hydrogen) atoms. The van der Waals surface area contributed by atoms with Crippen LogP contribution in [0.1, 0.15) is 0 Å². The van der Waals surface area contributed by atoms with Crippen LogP contribution < -0.4 is 0 Å². The van der Waals surface area contributed by atoms with Crippen molar-refractivity contribution in [1.29, 1.82) is 0 Å². The first-order valence-electron chi connectivity index (χ1n) is 2.56. The Labute approximate surface area is 62.0 Å². The van der Waals surface area contributed by atoms with Gasteiger partial charge in [-0.05, 0) is 6.08 Å². The number of rotatable bonds is 2. The summed E-state index contributed by atoms with van der Waals surface area (Å²) < 4.78 is 0. The molecule has 0 saturated heterocycles. The molecule has 0 aromatic heterocycles. The Morgan fingerprint density at radius 3 is 1.82 bits per heavy atom. The van der Waals surface area contributed by atoms with Crippen molar-refractivity contribution in [3.8, 4) is 0 Å². The van der Waals surface area contributed by atoms with Crippen LogP contribution in [0.25, 0.3) is 0 Å². The van der Waals surface area contributed by atoms with Crippen molar-refractivity contribution in [2.75, 3.05) is 0 Å². The lowest BCUT2D eigenvalue weighted by Gasteiger charge is -2.16. The van der Waals surface area contributed by atoms with Gasteiger partial charge in [0.2, 0.25) is 0 Å². The topological polar surface area (TPSA) is 98.1 Å².